The van der Waals surface area contributed by atoms with Gasteiger partial charge < -0.3 is 15.4 Å². The fourth-order valence-electron chi connectivity index (χ4n) is 3.41. The molecule has 1 aliphatic heterocycles. The van der Waals surface area contributed by atoms with E-state index in [1.807, 2.05) is 18.2 Å². The maximum atomic E-state index is 12.5. The van der Waals surface area contributed by atoms with Gasteiger partial charge in [0.15, 0.2) is 0 Å². The zero-order chi connectivity index (χ0) is 19.0. The highest BCUT2D eigenvalue weighted by molar-refractivity contribution is 5.95. The second-order valence-electron chi connectivity index (χ2n) is 6.57. The second kappa shape index (κ2) is 6.64. The van der Waals surface area contributed by atoms with Crippen molar-refractivity contribution in [3.8, 4) is 17.0 Å². The van der Waals surface area contributed by atoms with E-state index in [0.717, 1.165) is 24.2 Å². The number of pyridine rings is 1. The molecule has 0 spiro atoms. The van der Waals surface area contributed by atoms with Gasteiger partial charge in [0.05, 0.1) is 11.2 Å². The van der Waals surface area contributed by atoms with Gasteiger partial charge in [-0.05, 0) is 49.2 Å². The number of anilines is 2. The summed E-state index contributed by atoms with van der Waals surface area (Å²) >= 11 is 0. The Morgan fingerprint density at radius 3 is 2.52 bits per heavy atom. The number of nitrogens with two attached hydrogens (primary N) is 1. The van der Waals surface area contributed by atoms with Crippen LogP contribution >= 0.6 is 0 Å². The van der Waals surface area contributed by atoms with Crippen molar-refractivity contribution in [2.24, 2.45) is 0 Å². The van der Waals surface area contributed by atoms with Crippen LogP contribution < -0.4 is 15.4 Å². The number of nitrogen functional groups attached to an aromatic ring is 1. The first kappa shape index (κ1) is 17.5. The Morgan fingerprint density at radius 1 is 1.00 bits per heavy atom. The van der Waals surface area contributed by atoms with E-state index in [2.05, 4.69) is 14.6 Å². The molecule has 7 heteroatoms. The van der Waals surface area contributed by atoms with E-state index in [9.17, 15) is 13.2 Å². The van der Waals surface area contributed by atoms with Crippen LogP contribution in [-0.2, 0) is 0 Å². The van der Waals surface area contributed by atoms with E-state index in [1.54, 1.807) is 12.1 Å². The van der Waals surface area contributed by atoms with Crippen molar-refractivity contribution in [2.75, 3.05) is 23.7 Å². The molecular weight excluding hydrogens is 355 g/mol. The lowest BCUT2D eigenvalue weighted by Gasteiger charge is -2.18. The molecular formula is C20H18F3N3O. The van der Waals surface area contributed by atoms with Gasteiger partial charge in [-0.15, -0.1) is 13.2 Å². The Kier molecular flexibility index (Phi) is 4.30. The fraction of sp³-hybridized carbons (Fsp3) is 0.250. The predicted octanol–water partition coefficient (Wildman–Crippen LogP) is 4.98. The van der Waals surface area contributed by atoms with Gasteiger partial charge >= 0.3 is 6.36 Å². The van der Waals surface area contributed by atoms with Crippen LogP contribution in [0.4, 0.5) is 24.5 Å². The van der Waals surface area contributed by atoms with Crippen LogP contribution in [0.2, 0.25) is 0 Å². The first-order valence-corrected chi connectivity index (χ1v) is 8.70. The molecule has 1 aliphatic rings. The van der Waals surface area contributed by atoms with Gasteiger partial charge in [-0.25, -0.2) is 4.98 Å². The molecule has 0 bridgehead atoms. The number of benzene rings is 2. The van der Waals surface area contributed by atoms with Crippen LogP contribution in [0.5, 0.6) is 5.75 Å². The van der Waals surface area contributed by atoms with Gasteiger partial charge in [-0.3, -0.25) is 0 Å². The SMILES string of the molecule is Nc1cc(-c2cccc(OC(F)(F)F)c2)nc2ccc(N3CCCC3)cc12. The van der Waals surface area contributed by atoms with Crippen molar-refractivity contribution in [2.45, 2.75) is 19.2 Å². The van der Waals surface area contributed by atoms with Gasteiger partial charge in [-0.2, -0.15) is 0 Å². The third-order valence-electron chi connectivity index (χ3n) is 4.66. The highest BCUT2D eigenvalue weighted by Gasteiger charge is 2.31. The lowest BCUT2D eigenvalue weighted by molar-refractivity contribution is -0.274. The van der Waals surface area contributed by atoms with Crippen LogP contribution in [0.25, 0.3) is 22.2 Å². The van der Waals surface area contributed by atoms with Crippen LogP contribution in [0.3, 0.4) is 0 Å². The van der Waals surface area contributed by atoms with E-state index in [4.69, 9.17) is 5.73 Å². The number of alkyl halides is 3. The number of rotatable bonds is 3. The Labute approximate surface area is 154 Å². The van der Waals surface area contributed by atoms with Crippen LogP contribution in [0.1, 0.15) is 12.8 Å². The van der Waals surface area contributed by atoms with E-state index in [0.29, 0.717) is 22.5 Å². The molecule has 140 valence electrons. The minimum absolute atomic E-state index is 0.287. The molecule has 2 aromatic carbocycles. The first-order valence-electron chi connectivity index (χ1n) is 8.70. The number of fused-ring (bicyclic) bond motifs is 1. The molecule has 0 aliphatic carbocycles. The smallest absolute Gasteiger partial charge is 0.406 e. The number of hydrogen-bond acceptors (Lipinski definition) is 4. The van der Waals surface area contributed by atoms with Crippen molar-refractivity contribution in [1.82, 2.24) is 4.98 Å². The normalized spacial score (nSPS) is 14.7. The lowest BCUT2D eigenvalue weighted by atomic mass is 10.1. The number of hydrogen-bond donors (Lipinski definition) is 1. The Balaban J connectivity index is 1.71. The molecule has 2 N–H and O–H groups in total. The Hall–Kier alpha value is -2.96. The zero-order valence-electron chi connectivity index (χ0n) is 14.5. The van der Waals surface area contributed by atoms with Crippen LogP contribution in [-0.4, -0.2) is 24.4 Å². The van der Waals surface area contributed by atoms with Crippen LogP contribution in [0, 0.1) is 0 Å². The average molecular weight is 373 g/mol. The van der Waals surface area contributed by atoms with E-state index < -0.39 is 6.36 Å². The van der Waals surface area contributed by atoms with Gasteiger partial charge in [0.2, 0.25) is 0 Å². The second-order valence-corrected chi connectivity index (χ2v) is 6.57. The van der Waals surface area contributed by atoms with Crippen molar-refractivity contribution in [3.63, 3.8) is 0 Å². The van der Waals surface area contributed by atoms with E-state index in [1.165, 1.54) is 31.0 Å². The summed E-state index contributed by atoms with van der Waals surface area (Å²) < 4.78 is 41.3. The molecule has 3 aromatic rings. The fourth-order valence-corrected chi connectivity index (χ4v) is 3.41. The summed E-state index contributed by atoms with van der Waals surface area (Å²) in [5, 5.41) is 0.839. The van der Waals surface area contributed by atoms with Crippen molar-refractivity contribution in [1.29, 1.82) is 0 Å². The molecule has 27 heavy (non-hydrogen) atoms. The van der Waals surface area contributed by atoms with Crippen molar-refractivity contribution < 1.29 is 17.9 Å². The van der Waals surface area contributed by atoms with Crippen molar-refractivity contribution >= 4 is 22.3 Å². The average Bonchev–Trinajstić information content (AvgIpc) is 3.15. The summed E-state index contributed by atoms with van der Waals surface area (Å²) in [6, 6.07) is 13.3. The van der Waals surface area contributed by atoms with Crippen LogP contribution in [0.15, 0.2) is 48.5 Å². The van der Waals surface area contributed by atoms with Gasteiger partial charge in [0.25, 0.3) is 0 Å². The quantitative estimate of drug-likeness (QED) is 0.703. The number of aromatic nitrogens is 1. The summed E-state index contributed by atoms with van der Waals surface area (Å²) in [7, 11) is 0. The third-order valence-corrected chi connectivity index (χ3v) is 4.66. The molecule has 2 heterocycles. The largest absolute Gasteiger partial charge is 0.573 e. The highest BCUT2D eigenvalue weighted by atomic mass is 19.4. The molecule has 4 rings (SSSR count). The maximum absolute atomic E-state index is 12.5. The number of ether oxygens (including phenoxy) is 1. The summed E-state index contributed by atoms with van der Waals surface area (Å²) in [6.45, 7) is 2.06. The summed E-state index contributed by atoms with van der Waals surface area (Å²) in [4.78, 5) is 6.89. The maximum Gasteiger partial charge on any atom is 0.573 e. The molecule has 4 nitrogen and oxygen atoms in total. The highest BCUT2D eigenvalue weighted by Crippen LogP contribution is 2.32. The predicted molar refractivity (Wildman–Crippen MR) is 99.7 cm³/mol. The number of halogens is 3. The minimum Gasteiger partial charge on any atom is -0.406 e. The third kappa shape index (κ3) is 3.77. The monoisotopic (exact) mass is 373 g/mol. The van der Waals surface area contributed by atoms with E-state index >= 15 is 0 Å². The summed E-state index contributed by atoms with van der Waals surface area (Å²) in [5.74, 6) is -0.287. The molecule has 0 unspecified atom stereocenters. The Bertz CT molecular complexity index is 982. The van der Waals surface area contributed by atoms with Gasteiger partial charge in [0, 0.05) is 35.4 Å². The standard InChI is InChI=1S/C20H18F3N3O/c21-20(22,23)27-15-5-3-4-13(10-15)19-12-17(24)16-11-14(6-7-18(16)25-19)26-8-1-2-9-26/h3-7,10-12H,1-2,8-9H2,(H2,24,25). The minimum atomic E-state index is -4.74. The first-order chi connectivity index (χ1) is 12.9. The van der Waals surface area contributed by atoms with Gasteiger partial charge in [-0.1, -0.05) is 12.1 Å². The summed E-state index contributed by atoms with van der Waals surface area (Å²) in [6.07, 6.45) is -2.37. The van der Waals surface area contributed by atoms with Gasteiger partial charge in [0.1, 0.15) is 5.75 Å². The number of nitrogens with zero attached hydrogens (tertiary/aromatic N) is 2. The molecule has 0 radical (unpaired) electrons. The Morgan fingerprint density at radius 2 is 1.78 bits per heavy atom. The molecule has 1 fully saturated rings. The lowest BCUT2D eigenvalue weighted by Crippen LogP contribution is -2.17. The van der Waals surface area contributed by atoms with E-state index in [-0.39, 0.29) is 5.75 Å². The molecule has 0 atom stereocenters. The molecule has 0 saturated carbocycles. The molecule has 1 saturated heterocycles. The molecule has 0 amide bonds. The molecule has 1 aromatic heterocycles. The van der Waals surface area contributed by atoms with Crippen molar-refractivity contribution in [3.05, 3.63) is 48.5 Å². The summed E-state index contributed by atoms with van der Waals surface area (Å²) in [5.41, 5.74) is 9.60. The topological polar surface area (TPSA) is 51.4 Å². The zero-order valence-corrected chi connectivity index (χ0v) is 14.5.